The first-order chi connectivity index (χ1) is 14.7. The molecular weight excluding hydrogens is 432 g/mol. The Morgan fingerprint density at radius 3 is 2.32 bits per heavy atom. The molecule has 31 heavy (non-hydrogen) atoms. The summed E-state index contributed by atoms with van der Waals surface area (Å²) in [7, 11) is -4.54. The predicted octanol–water partition coefficient (Wildman–Crippen LogP) is 1.77. The van der Waals surface area contributed by atoms with Crippen LogP contribution in [0.3, 0.4) is 0 Å². The lowest BCUT2D eigenvalue weighted by Gasteiger charge is -2.38. The minimum absolute atomic E-state index is 0.148. The second kappa shape index (κ2) is 7.51. The number of carbonyl (C=O) groups is 1. The van der Waals surface area contributed by atoms with Crippen LogP contribution in [-0.2, 0) is 16.6 Å². The number of aromatic hydroxyl groups is 1. The molecule has 1 aromatic heterocycles. The molecule has 0 aliphatic carbocycles. The number of pyridine rings is 1. The third kappa shape index (κ3) is 3.52. The van der Waals surface area contributed by atoms with Crippen molar-refractivity contribution in [2.75, 3.05) is 11.1 Å². The highest BCUT2D eigenvalue weighted by molar-refractivity contribution is 7.92. The summed E-state index contributed by atoms with van der Waals surface area (Å²) in [6, 6.07) is 10.8. The Morgan fingerprint density at radius 2 is 1.65 bits per heavy atom. The predicted molar refractivity (Wildman–Crippen MR) is 105 cm³/mol. The monoisotopic (exact) mass is 447 g/mol. The lowest BCUT2D eigenvalue weighted by molar-refractivity contribution is 0.0693. The number of nitrogens with zero attached hydrogens (tertiary/aromatic N) is 3. The maximum absolute atomic E-state index is 14.3. The lowest BCUT2D eigenvalue weighted by Crippen LogP contribution is -2.56. The van der Waals surface area contributed by atoms with Crippen LogP contribution >= 0.6 is 0 Å². The van der Waals surface area contributed by atoms with Gasteiger partial charge in [0.25, 0.3) is 15.9 Å². The number of amides is 1. The van der Waals surface area contributed by atoms with Crippen molar-refractivity contribution in [2.45, 2.75) is 11.4 Å². The number of halogens is 2. The maximum atomic E-state index is 14.3. The van der Waals surface area contributed by atoms with Gasteiger partial charge in [-0.25, -0.2) is 13.5 Å². The highest BCUT2D eigenvalue weighted by Gasteiger charge is 2.39. The smallest absolute Gasteiger partial charge is 0.282 e. The molecule has 4 rings (SSSR count). The molecule has 3 aromatic rings. The minimum Gasteiger partial charge on any atom is -0.502 e. The van der Waals surface area contributed by atoms with Gasteiger partial charge in [0.15, 0.2) is 11.4 Å². The molecule has 0 saturated heterocycles. The fourth-order valence-corrected chi connectivity index (χ4v) is 4.67. The first-order valence-electron chi connectivity index (χ1n) is 8.96. The van der Waals surface area contributed by atoms with Crippen LogP contribution in [0.5, 0.6) is 5.75 Å². The summed E-state index contributed by atoms with van der Waals surface area (Å²) in [5.41, 5.74) is -0.989. The zero-order chi connectivity index (χ0) is 22.3. The summed E-state index contributed by atoms with van der Waals surface area (Å²) in [6.07, 6.45) is 1.02. The highest BCUT2D eigenvalue weighted by atomic mass is 32.2. The van der Waals surface area contributed by atoms with Crippen molar-refractivity contribution in [3.63, 3.8) is 0 Å². The molecule has 2 heterocycles. The van der Waals surface area contributed by atoms with E-state index in [0.717, 1.165) is 34.0 Å². The summed E-state index contributed by atoms with van der Waals surface area (Å²) in [5.74, 6) is -3.26. The molecule has 0 atom stereocenters. The van der Waals surface area contributed by atoms with Gasteiger partial charge in [0.05, 0.1) is 0 Å². The van der Waals surface area contributed by atoms with E-state index in [0.29, 0.717) is 9.98 Å². The average molecular weight is 447 g/mol. The van der Waals surface area contributed by atoms with Crippen LogP contribution in [-0.4, -0.2) is 35.7 Å². The normalized spacial score (nSPS) is 13.9. The molecule has 0 radical (unpaired) electrons. The topological polar surface area (TPSA) is 99.9 Å². The number of rotatable bonds is 4. The summed E-state index contributed by atoms with van der Waals surface area (Å²) in [5, 5.41) is 10.2. The molecule has 1 aliphatic rings. The van der Waals surface area contributed by atoms with Crippen molar-refractivity contribution in [3.8, 4) is 5.75 Å². The Morgan fingerprint density at radius 1 is 0.968 bits per heavy atom. The van der Waals surface area contributed by atoms with Gasteiger partial charge >= 0.3 is 0 Å². The number of sulfonamides is 1. The molecule has 11 heteroatoms. The Balaban J connectivity index is 1.85. The number of aromatic nitrogens is 1. The van der Waals surface area contributed by atoms with Crippen molar-refractivity contribution in [1.82, 2.24) is 9.58 Å². The van der Waals surface area contributed by atoms with Crippen molar-refractivity contribution in [1.29, 1.82) is 0 Å². The molecule has 160 valence electrons. The van der Waals surface area contributed by atoms with E-state index < -0.39 is 56.0 Å². The third-order valence-electron chi connectivity index (χ3n) is 4.75. The van der Waals surface area contributed by atoms with Crippen LogP contribution in [0.15, 0.2) is 70.5 Å². The molecular formula is C20H15F2N3O5S. The number of hydrogen-bond acceptors (Lipinski definition) is 5. The van der Waals surface area contributed by atoms with Crippen LogP contribution < -0.4 is 9.84 Å². The van der Waals surface area contributed by atoms with E-state index in [-0.39, 0.29) is 6.54 Å². The van der Waals surface area contributed by atoms with Crippen LogP contribution in [0.1, 0.15) is 16.1 Å². The zero-order valence-electron chi connectivity index (χ0n) is 15.8. The van der Waals surface area contributed by atoms with Gasteiger partial charge in [0.1, 0.15) is 23.2 Å². The van der Waals surface area contributed by atoms with Gasteiger partial charge in [-0.1, -0.05) is 24.3 Å². The molecule has 1 aliphatic heterocycles. The molecule has 8 nitrogen and oxygen atoms in total. The molecule has 1 N–H and O–H groups in total. The van der Waals surface area contributed by atoms with Gasteiger partial charge in [-0.15, -0.1) is 0 Å². The van der Waals surface area contributed by atoms with Gasteiger partial charge < -0.3 is 10.0 Å². The SMILES string of the molecule is O=C1c2c(O)c(=O)ccn2N(S(=O)(=O)c2ccccc2F)CN1Cc1ccc(F)cc1. The summed E-state index contributed by atoms with van der Waals surface area (Å²) < 4.78 is 55.4. The molecule has 0 spiro atoms. The third-order valence-corrected chi connectivity index (χ3v) is 6.49. The second-order valence-corrected chi connectivity index (χ2v) is 8.56. The first-order valence-corrected chi connectivity index (χ1v) is 10.4. The number of benzene rings is 2. The highest BCUT2D eigenvalue weighted by Crippen LogP contribution is 2.26. The summed E-state index contributed by atoms with van der Waals surface area (Å²) in [4.78, 5) is 25.3. The van der Waals surface area contributed by atoms with E-state index in [2.05, 4.69) is 0 Å². The Bertz CT molecular complexity index is 1340. The number of hydrogen-bond donors (Lipinski definition) is 1. The lowest BCUT2D eigenvalue weighted by atomic mass is 10.2. The van der Waals surface area contributed by atoms with E-state index in [1.54, 1.807) is 0 Å². The van der Waals surface area contributed by atoms with Gasteiger partial charge in [0, 0.05) is 18.8 Å². The van der Waals surface area contributed by atoms with Crippen LogP contribution in [0.25, 0.3) is 0 Å². The quantitative estimate of drug-likeness (QED) is 0.657. The zero-order valence-corrected chi connectivity index (χ0v) is 16.6. The summed E-state index contributed by atoms with van der Waals surface area (Å²) >= 11 is 0. The van der Waals surface area contributed by atoms with E-state index in [9.17, 15) is 31.9 Å². The number of fused-ring (bicyclic) bond motifs is 1. The van der Waals surface area contributed by atoms with Gasteiger partial charge in [-0.2, -0.15) is 12.8 Å². The Labute approximate surface area is 175 Å². The van der Waals surface area contributed by atoms with Crippen LogP contribution in [0.4, 0.5) is 8.78 Å². The standard InChI is InChI=1S/C20H15F2N3O5S/c21-14-7-5-13(6-8-14)11-23-12-25(31(29,30)17-4-2-1-3-15(17)22)24-10-9-16(26)19(27)18(24)20(23)28/h1-10,27H,11-12H2. The van der Waals surface area contributed by atoms with E-state index in [1.165, 1.54) is 36.4 Å². The van der Waals surface area contributed by atoms with Crippen molar-refractivity contribution >= 4 is 15.9 Å². The van der Waals surface area contributed by atoms with Crippen LogP contribution in [0, 0.1) is 11.6 Å². The van der Waals surface area contributed by atoms with Gasteiger partial charge in [0.2, 0.25) is 5.43 Å². The summed E-state index contributed by atoms with van der Waals surface area (Å²) in [6.45, 7) is -0.687. The van der Waals surface area contributed by atoms with E-state index in [1.807, 2.05) is 0 Å². The first kappa shape index (κ1) is 20.5. The van der Waals surface area contributed by atoms with E-state index in [4.69, 9.17) is 0 Å². The van der Waals surface area contributed by atoms with Crippen LogP contribution in [0.2, 0.25) is 0 Å². The maximum Gasteiger partial charge on any atom is 0.282 e. The molecule has 0 fully saturated rings. The van der Waals surface area contributed by atoms with Gasteiger partial charge in [-0.3, -0.25) is 9.59 Å². The molecule has 0 saturated carbocycles. The van der Waals surface area contributed by atoms with Crippen molar-refractivity contribution in [3.05, 3.63) is 93.9 Å². The molecule has 1 amide bonds. The fraction of sp³-hybridized carbons (Fsp3) is 0.100. The Hall–Kier alpha value is -3.73. The molecule has 0 bridgehead atoms. The number of carbonyl (C=O) groups excluding carboxylic acids is 1. The van der Waals surface area contributed by atoms with Crippen molar-refractivity contribution in [2.24, 2.45) is 0 Å². The molecule has 0 unspecified atom stereocenters. The minimum atomic E-state index is -4.54. The van der Waals surface area contributed by atoms with Gasteiger partial charge in [-0.05, 0) is 29.8 Å². The molecule has 2 aromatic carbocycles. The van der Waals surface area contributed by atoms with E-state index >= 15 is 0 Å². The Kier molecular flexibility index (Phi) is 4.97. The second-order valence-electron chi connectivity index (χ2n) is 6.75. The fourth-order valence-electron chi connectivity index (χ4n) is 3.22. The van der Waals surface area contributed by atoms with Crippen molar-refractivity contribution < 1.29 is 27.1 Å². The largest absolute Gasteiger partial charge is 0.502 e. The average Bonchev–Trinajstić information content (AvgIpc) is 2.74.